The second kappa shape index (κ2) is 10.2. The van der Waals surface area contributed by atoms with Gasteiger partial charge in [-0.1, -0.05) is 11.6 Å². The number of nitrogens with one attached hydrogen (secondary N) is 1. The molecule has 27 heavy (non-hydrogen) atoms. The summed E-state index contributed by atoms with van der Waals surface area (Å²) in [5, 5.41) is 3.20. The molecule has 0 aliphatic carbocycles. The Balaban J connectivity index is 1.92. The van der Waals surface area contributed by atoms with E-state index in [9.17, 15) is 9.59 Å². The number of rotatable bonds is 7. The van der Waals surface area contributed by atoms with Gasteiger partial charge in [-0.25, -0.2) is 0 Å². The first-order valence-electron chi connectivity index (χ1n) is 8.86. The van der Waals surface area contributed by atoms with E-state index in [0.717, 1.165) is 5.56 Å². The van der Waals surface area contributed by atoms with Crippen LogP contribution in [0.15, 0.2) is 18.2 Å². The van der Waals surface area contributed by atoms with E-state index in [1.165, 1.54) is 20.3 Å². The van der Waals surface area contributed by atoms with Gasteiger partial charge < -0.3 is 19.7 Å². The first-order valence-corrected chi connectivity index (χ1v) is 9.23. The summed E-state index contributed by atoms with van der Waals surface area (Å²) < 4.78 is 10.5. The van der Waals surface area contributed by atoms with Crippen LogP contribution in [0.3, 0.4) is 0 Å². The summed E-state index contributed by atoms with van der Waals surface area (Å²) in [4.78, 5) is 27.9. The van der Waals surface area contributed by atoms with E-state index in [0.29, 0.717) is 55.8 Å². The van der Waals surface area contributed by atoms with E-state index in [2.05, 4.69) is 5.32 Å². The Bertz CT molecular complexity index is 700. The summed E-state index contributed by atoms with van der Waals surface area (Å²) in [6.07, 6.45) is 3.23. The van der Waals surface area contributed by atoms with Crippen molar-refractivity contribution in [2.75, 3.05) is 53.5 Å². The number of hydrogen-bond acceptors (Lipinski definition) is 5. The van der Waals surface area contributed by atoms with Gasteiger partial charge in [-0.05, 0) is 30.7 Å². The molecule has 2 amide bonds. The number of hydrogen-bond donors (Lipinski definition) is 1. The number of carbonyl (C=O) groups excluding carboxylic acids is 2. The third-order valence-corrected chi connectivity index (χ3v) is 4.58. The Kier molecular flexibility index (Phi) is 7.94. The summed E-state index contributed by atoms with van der Waals surface area (Å²) in [7, 11) is 3.06. The second-order valence-corrected chi connectivity index (χ2v) is 6.53. The lowest BCUT2D eigenvalue weighted by Crippen LogP contribution is -2.50. The maximum Gasteiger partial charge on any atom is 0.246 e. The van der Waals surface area contributed by atoms with Gasteiger partial charge in [0.05, 0.1) is 25.8 Å². The van der Waals surface area contributed by atoms with Gasteiger partial charge in [0.25, 0.3) is 0 Å². The summed E-state index contributed by atoms with van der Waals surface area (Å²) in [5.74, 6) is 0.919. The first kappa shape index (κ1) is 21.1. The van der Waals surface area contributed by atoms with Crippen molar-refractivity contribution >= 4 is 29.5 Å². The van der Waals surface area contributed by atoms with E-state index in [1.807, 2.05) is 11.8 Å². The molecule has 0 atom stereocenters. The van der Waals surface area contributed by atoms with Crippen LogP contribution in [0, 0.1) is 0 Å². The molecule has 1 aliphatic heterocycles. The van der Waals surface area contributed by atoms with E-state index in [-0.39, 0.29) is 11.8 Å². The molecule has 7 nitrogen and oxygen atoms in total. The average molecular weight is 396 g/mol. The van der Waals surface area contributed by atoms with Crippen LogP contribution in [-0.4, -0.2) is 75.1 Å². The molecule has 0 spiro atoms. The molecule has 1 fully saturated rings. The van der Waals surface area contributed by atoms with Crippen molar-refractivity contribution < 1.29 is 19.1 Å². The quantitative estimate of drug-likeness (QED) is 0.711. The third kappa shape index (κ3) is 5.87. The summed E-state index contributed by atoms with van der Waals surface area (Å²) in [6.45, 7) is 5.44. The fourth-order valence-electron chi connectivity index (χ4n) is 2.89. The largest absolute Gasteiger partial charge is 0.493 e. The summed E-state index contributed by atoms with van der Waals surface area (Å²) in [6, 6.07) is 3.48. The van der Waals surface area contributed by atoms with Gasteiger partial charge in [0, 0.05) is 38.8 Å². The number of nitrogens with zero attached hydrogens (tertiary/aromatic N) is 2. The lowest BCUT2D eigenvalue weighted by molar-refractivity contribution is -0.128. The Labute approximate surface area is 164 Å². The van der Waals surface area contributed by atoms with E-state index >= 15 is 0 Å². The van der Waals surface area contributed by atoms with Gasteiger partial charge in [0.1, 0.15) is 0 Å². The molecular formula is C19H26ClN3O4. The number of likely N-dealkylation sites (N-methyl/N-ethyl adjacent to an activating group) is 1. The third-order valence-electron chi connectivity index (χ3n) is 4.30. The zero-order valence-corrected chi connectivity index (χ0v) is 16.7. The van der Waals surface area contributed by atoms with Crippen LogP contribution >= 0.6 is 11.6 Å². The zero-order chi connectivity index (χ0) is 19.8. The molecule has 0 aromatic heterocycles. The average Bonchev–Trinajstić information content (AvgIpc) is 2.66. The van der Waals surface area contributed by atoms with Crippen molar-refractivity contribution in [1.82, 2.24) is 15.1 Å². The number of methoxy groups -OCH3 is 2. The molecule has 0 radical (unpaired) electrons. The molecule has 1 heterocycles. The van der Waals surface area contributed by atoms with Crippen molar-refractivity contribution in [1.29, 1.82) is 0 Å². The smallest absolute Gasteiger partial charge is 0.246 e. The molecule has 8 heteroatoms. The number of piperazine rings is 1. The highest BCUT2D eigenvalue weighted by atomic mass is 35.5. The monoisotopic (exact) mass is 395 g/mol. The molecular weight excluding hydrogens is 370 g/mol. The van der Waals surface area contributed by atoms with E-state index in [4.69, 9.17) is 21.1 Å². The van der Waals surface area contributed by atoms with Crippen LogP contribution in [0.4, 0.5) is 0 Å². The Morgan fingerprint density at radius 3 is 2.48 bits per heavy atom. The molecule has 1 N–H and O–H groups in total. The minimum absolute atomic E-state index is 0.0162. The van der Waals surface area contributed by atoms with Crippen molar-refractivity contribution in [2.45, 2.75) is 6.92 Å². The van der Waals surface area contributed by atoms with Gasteiger partial charge >= 0.3 is 0 Å². The Morgan fingerprint density at radius 1 is 1.19 bits per heavy atom. The Morgan fingerprint density at radius 2 is 1.89 bits per heavy atom. The SMILES string of the molecule is CCNC(=O)CN1CCN(C(=O)/C=C/c2cc(Cl)c(OC)c(OC)c2)CC1. The van der Waals surface area contributed by atoms with Gasteiger partial charge in [0.15, 0.2) is 11.5 Å². The molecule has 1 aromatic rings. The summed E-state index contributed by atoms with van der Waals surface area (Å²) >= 11 is 6.19. The number of carbonyl (C=O) groups is 2. The summed E-state index contributed by atoms with van der Waals surface area (Å²) in [5.41, 5.74) is 0.751. The van der Waals surface area contributed by atoms with Gasteiger partial charge in [-0.15, -0.1) is 0 Å². The highest BCUT2D eigenvalue weighted by molar-refractivity contribution is 6.32. The topological polar surface area (TPSA) is 71.1 Å². The van der Waals surface area contributed by atoms with E-state index < -0.39 is 0 Å². The minimum atomic E-state index is -0.0708. The van der Waals surface area contributed by atoms with Gasteiger partial charge in [0.2, 0.25) is 11.8 Å². The van der Waals surface area contributed by atoms with Crippen LogP contribution in [0.5, 0.6) is 11.5 Å². The minimum Gasteiger partial charge on any atom is -0.493 e. The highest BCUT2D eigenvalue weighted by Gasteiger charge is 2.21. The number of ether oxygens (including phenoxy) is 2. The standard InChI is InChI=1S/C19H26ClN3O4/c1-4-21-17(24)13-22-7-9-23(10-8-22)18(25)6-5-14-11-15(20)19(27-3)16(12-14)26-2/h5-6,11-12H,4,7-10,13H2,1-3H3,(H,21,24)/b6-5+. The first-order chi connectivity index (χ1) is 13.0. The van der Waals surface area contributed by atoms with Crippen molar-refractivity contribution in [3.05, 3.63) is 28.8 Å². The predicted octanol–water partition coefficient (Wildman–Crippen LogP) is 1.65. The van der Waals surface area contributed by atoms with Crippen molar-refractivity contribution in [3.8, 4) is 11.5 Å². The molecule has 1 aliphatic rings. The van der Waals surface area contributed by atoms with Crippen molar-refractivity contribution in [3.63, 3.8) is 0 Å². The van der Waals surface area contributed by atoms with Crippen molar-refractivity contribution in [2.24, 2.45) is 0 Å². The molecule has 0 bridgehead atoms. The van der Waals surface area contributed by atoms with Crippen LogP contribution in [0.25, 0.3) is 6.08 Å². The highest BCUT2D eigenvalue weighted by Crippen LogP contribution is 2.36. The molecule has 0 unspecified atom stereocenters. The van der Waals surface area contributed by atoms with Gasteiger partial charge in [-0.3, -0.25) is 14.5 Å². The molecule has 148 valence electrons. The molecule has 2 rings (SSSR count). The lowest BCUT2D eigenvalue weighted by Gasteiger charge is -2.33. The zero-order valence-electron chi connectivity index (χ0n) is 16.0. The molecule has 1 saturated heterocycles. The van der Waals surface area contributed by atoms with Crippen LogP contribution < -0.4 is 14.8 Å². The number of halogens is 1. The fraction of sp³-hybridized carbons (Fsp3) is 0.474. The molecule has 1 aromatic carbocycles. The molecule has 0 saturated carbocycles. The fourth-order valence-corrected chi connectivity index (χ4v) is 3.19. The maximum absolute atomic E-state index is 12.4. The normalized spacial score (nSPS) is 15.0. The predicted molar refractivity (Wildman–Crippen MR) is 105 cm³/mol. The maximum atomic E-state index is 12.4. The van der Waals surface area contributed by atoms with Crippen LogP contribution in [0.2, 0.25) is 5.02 Å². The van der Waals surface area contributed by atoms with Crippen LogP contribution in [0.1, 0.15) is 12.5 Å². The van der Waals surface area contributed by atoms with Gasteiger partial charge in [-0.2, -0.15) is 0 Å². The number of amides is 2. The van der Waals surface area contributed by atoms with E-state index in [1.54, 1.807) is 23.1 Å². The second-order valence-electron chi connectivity index (χ2n) is 6.13. The van der Waals surface area contributed by atoms with Crippen LogP contribution in [-0.2, 0) is 9.59 Å². The Hall–Kier alpha value is -2.25. The number of benzene rings is 1. The lowest BCUT2D eigenvalue weighted by atomic mass is 10.1.